The highest BCUT2D eigenvalue weighted by atomic mass is 32.2. The molecule has 2 aromatic rings. The molecule has 2 saturated heterocycles. The number of carbonyl (C=O) groups excluding carboxylic acids is 1. The Labute approximate surface area is 140 Å². The number of aromatic nitrogens is 1. The van der Waals surface area contributed by atoms with Gasteiger partial charge in [-0.05, 0) is 30.7 Å². The third-order valence-electron chi connectivity index (χ3n) is 5.04. The molecule has 0 spiro atoms. The highest BCUT2D eigenvalue weighted by Crippen LogP contribution is 2.33. The van der Waals surface area contributed by atoms with E-state index in [0.717, 1.165) is 17.2 Å². The van der Waals surface area contributed by atoms with E-state index in [-0.39, 0.29) is 17.8 Å². The van der Waals surface area contributed by atoms with Crippen LogP contribution in [0, 0.1) is 0 Å². The summed E-state index contributed by atoms with van der Waals surface area (Å²) in [4.78, 5) is 18.4. The second-order valence-electron chi connectivity index (χ2n) is 6.49. The molecule has 2 unspecified atom stereocenters. The van der Waals surface area contributed by atoms with Crippen LogP contribution in [0.2, 0.25) is 0 Å². The SMILES string of the molecule is O=C(Nc1cc2ccccc2cn1)N1CCC2CCC(C1)S2(=O)=O. The van der Waals surface area contributed by atoms with E-state index in [1.54, 1.807) is 11.1 Å². The predicted molar refractivity (Wildman–Crippen MR) is 92.7 cm³/mol. The Balaban J connectivity index is 1.51. The number of amides is 2. The van der Waals surface area contributed by atoms with E-state index in [2.05, 4.69) is 10.3 Å². The molecule has 2 aliphatic heterocycles. The monoisotopic (exact) mass is 345 g/mol. The van der Waals surface area contributed by atoms with Crippen molar-refractivity contribution in [2.24, 2.45) is 0 Å². The van der Waals surface area contributed by atoms with Crippen LogP contribution in [0.1, 0.15) is 19.3 Å². The van der Waals surface area contributed by atoms with Gasteiger partial charge in [-0.2, -0.15) is 0 Å². The maximum Gasteiger partial charge on any atom is 0.323 e. The predicted octanol–water partition coefficient (Wildman–Crippen LogP) is 2.42. The molecule has 6 nitrogen and oxygen atoms in total. The number of pyridine rings is 1. The fourth-order valence-electron chi connectivity index (χ4n) is 3.64. The molecular weight excluding hydrogens is 326 g/mol. The first-order chi connectivity index (χ1) is 11.5. The van der Waals surface area contributed by atoms with Crippen molar-refractivity contribution < 1.29 is 13.2 Å². The quantitative estimate of drug-likeness (QED) is 0.861. The standard InChI is InChI=1S/C17H19N3O3S/c21-17(19-16-9-12-3-1-2-4-13(12)10-18-16)20-8-7-14-5-6-15(11-20)24(14,22)23/h1-4,9-10,14-15H,5-8,11H2,(H,18,19,21). The second-order valence-corrected chi connectivity index (χ2v) is 9.00. The van der Waals surface area contributed by atoms with Crippen LogP contribution in [0.3, 0.4) is 0 Å². The lowest BCUT2D eigenvalue weighted by atomic mass is 10.1. The van der Waals surface area contributed by atoms with E-state index >= 15 is 0 Å². The van der Waals surface area contributed by atoms with Crippen LogP contribution < -0.4 is 5.32 Å². The normalized spacial score (nSPS) is 25.4. The van der Waals surface area contributed by atoms with Crippen LogP contribution in [-0.4, -0.2) is 47.9 Å². The lowest BCUT2D eigenvalue weighted by Crippen LogP contribution is -2.40. The fraction of sp³-hybridized carbons (Fsp3) is 0.412. The zero-order valence-electron chi connectivity index (χ0n) is 13.2. The van der Waals surface area contributed by atoms with Gasteiger partial charge in [0.15, 0.2) is 9.84 Å². The Morgan fingerprint density at radius 3 is 2.71 bits per heavy atom. The minimum atomic E-state index is -3.07. The summed E-state index contributed by atoms with van der Waals surface area (Å²) in [5, 5.41) is 4.11. The van der Waals surface area contributed by atoms with Gasteiger partial charge in [-0.1, -0.05) is 24.3 Å². The molecule has 1 N–H and O–H groups in total. The third kappa shape index (κ3) is 2.62. The van der Waals surface area contributed by atoms with Gasteiger partial charge < -0.3 is 4.90 Å². The number of nitrogens with one attached hydrogen (secondary N) is 1. The molecule has 24 heavy (non-hydrogen) atoms. The summed E-state index contributed by atoms with van der Waals surface area (Å²) in [6.45, 7) is 0.748. The zero-order chi connectivity index (χ0) is 16.7. The maximum atomic E-state index is 12.5. The Morgan fingerprint density at radius 2 is 1.88 bits per heavy atom. The molecule has 4 rings (SSSR count). The van der Waals surface area contributed by atoms with Crippen molar-refractivity contribution >= 4 is 32.5 Å². The first-order valence-corrected chi connectivity index (χ1v) is 9.78. The van der Waals surface area contributed by atoms with Crippen LogP contribution in [-0.2, 0) is 9.84 Å². The van der Waals surface area contributed by atoms with Crippen LogP contribution >= 0.6 is 0 Å². The Hall–Kier alpha value is -2.15. The van der Waals surface area contributed by atoms with Crippen molar-refractivity contribution in [1.82, 2.24) is 9.88 Å². The Bertz CT molecular complexity index is 897. The first kappa shape index (κ1) is 15.4. The molecule has 126 valence electrons. The van der Waals surface area contributed by atoms with Gasteiger partial charge >= 0.3 is 6.03 Å². The molecule has 1 aromatic carbocycles. The van der Waals surface area contributed by atoms with Crippen LogP contribution in [0.15, 0.2) is 36.5 Å². The fourth-order valence-corrected chi connectivity index (χ4v) is 5.93. The molecule has 2 atom stereocenters. The summed E-state index contributed by atoms with van der Waals surface area (Å²) in [6.07, 6.45) is 3.64. The molecule has 2 aliphatic rings. The maximum absolute atomic E-state index is 12.5. The molecule has 0 saturated carbocycles. The van der Waals surface area contributed by atoms with Crippen molar-refractivity contribution in [2.75, 3.05) is 18.4 Å². The number of fused-ring (bicyclic) bond motifs is 3. The first-order valence-electron chi connectivity index (χ1n) is 8.17. The smallest absolute Gasteiger partial charge is 0.323 e. The zero-order valence-corrected chi connectivity index (χ0v) is 14.0. The number of carbonyl (C=O) groups is 1. The number of urea groups is 1. The highest BCUT2D eigenvalue weighted by Gasteiger charge is 2.44. The molecule has 2 bridgehead atoms. The molecule has 0 aliphatic carbocycles. The van der Waals surface area contributed by atoms with Gasteiger partial charge in [0, 0.05) is 24.7 Å². The van der Waals surface area contributed by atoms with E-state index < -0.39 is 15.1 Å². The topological polar surface area (TPSA) is 79.4 Å². The van der Waals surface area contributed by atoms with Gasteiger partial charge in [0.25, 0.3) is 0 Å². The third-order valence-corrected chi connectivity index (χ3v) is 7.75. The average Bonchev–Trinajstić information content (AvgIpc) is 2.74. The molecule has 2 fully saturated rings. The minimum Gasteiger partial charge on any atom is -0.323 e. The number of sulfone groups is 1. The number of benzene rings is 1. The number of anilines is 1. The Morgan fingerprint density at radius 1 is 1.12 bits per heavy atom. The number of rotatable bonds is 1. The average molecular weight is 345 g/mol. The number of likely N-dealkylation sites (tertiary alicyclic amines) is 1. The van der Waals surface area contributed by atoms with Gasteiger partial charge in [0.1, 0.15) is 5.82 Å². The highest BCUT2D eigenvalue weighted by molar-refractivity contribution is 7.93. The summed E-state index contributed by atoms with van der Waals surface area (Å²) in [6, 6.07) is 9.35. The number of hydrogen-bond acceptors (Lipinski definition) is 4. The molecule has 0 radical (unpaired) electrons. The Kier molecular flexibility index (Phi) is 3.68. The van der Waals surface area contributed by atoms with Crippen molar-refractivity contribution in [1.29, 1.82) is 0 Å². The summed E-state index contributed by atoms with van der Waals surface area (Å²) in [7, 11) is -3.07. The van der Waals surface area contributed by atoms with Gasteiger partial charge in [-0.25, -0.2) is 18.2 Å². The van der Waals surface area contributed by atoms with Gasteiger partial charge in [0.2, 0.25) is 0 Å². The molecule has 2 amide bonds. The lowest BCUT2D eigenvalue weighted by molar-refractivity contribution is 0.209. The molecular formula is C17H19N3O3S. The van der Waals surface area contributed by atoms with Crippen molar-refractivity contribution in [3.8, 4) is 0 Å². The molecule has 3 heterocycles. The van der Waals surface area contributed by atoms with Gasteiger partial charge in [-0.3, -0.25) is 5.32 Å². The number of hydrogen-bond donors (Lipinski definition) is 1. The molecule has 1 aromatic heterocycles. The van der Waals surface area contributed by atoms with Crippen LogP contribution in [0.25, 0.3) is 10.8 Å². The van der Waals surface area contributed by atoms with Crippen molar-refractivity contribution in [3.05, 3.63) is 36.5 Å². The van der Waals surface area contributed by atoms with Gasteiger partial charge in [0.05, 0.1) is 10.5 Å². The van der Waals surface area contributed by atoms with Crippen molar-refractivity contribution in [3.63, 3.8) is 0 Å². The van der Waals surface area contributed by atoms with E-state index in [1.807, 2.05) is 30.3 Å². The number of nitrogens with zero attached hydrogens (tertiary/aromatic N) is 2. The summed E-state index contributed by atoms with van der Waals surface area (Å²) >= 11 is 0. The largest absolute Gasteiger partial charge is 0.323 e. The van der Waals surface area contributed by atoms with E-state index in [9.17, 15) is 13.2 Å². The van der Waals surface area contributed by atoms with Gasteiger partial charge in [-0.15, -0.1) is 0 Å². The van der Waals surface area contributed by atoms with E-state index in [1.165, 1.54) is 0 Å². The van der Waals surface area contributed by atoms with E-state index in [4.69, 9.17) is 0 Å². The second kappa shape index (κ2) is 5.73. The summed E-state index contributed by atoms with van der Waals surface area (Å²) in [5.74, 6) is 0.482. The summed E-state index contributed by atoms with van der Waals surface area (Å²) in [5.41, 5.74) is 0. The lowest BCUT2D eigenvalue weighted by Gasteiger charge is -2.23. The van der Waals surface area contributed by atoms with Crippen LogP contribution in [0.5, 0.6) is 0 Å². The minimum absolute atomic E-state index is 0.276. The molecule has 7 heteroatoms. The van der Waals surface area contributed by atoms with E-state index in [0.29, 0.717) is 25.2 Å². The summed E-state index contributed by atoms with van der Waals surface area (Å²) < 4.78 is 24.6. The van der Waals surface area contributed by atoms with Crippen molar-refractivity contribution in [2.45, 2.75) is 29.8 Å². The van der Waals surface area contributed by atoms with Crippen LogP contribution in [0.4, 0.5) is 10.6 Å².